The molecule has 0 aliphatic heterocycles. The normalized spacial score (nSPS) is 10.6. The van der Waals surface area contributed by atoms with E-state index < -0.39 is 6.29 Å². The minimum atomic E-state index is -0.534. The second-order valence-electron chi connectivity index (χ2n) is 4.95. The zero-order valence-corrected chi connectivity index (χ0v) is 12.9. The van der Waals surface area contributed by atoms with E-state index in [-0.39, 0.29) is 24.8 Å². The van der Waals surface area contributed by atoms with Crippen LogP contribution in [0.2, 0.25) is 0 Å². The van der Waals surface area contributed by atoms with Gasteiger partial charge in [0.2, 0.25) is 0 Å². The number of carbonyl (C=O) groups excluding carboxylic acids is 2. The molecule has 0 saturated carbocycles. The first kappa shape index (κ1) is 18.7. The van der Waals surface area contributed by atoms with E-state index in [0.717, 1.165) is 19.3 Å². The van der Waals surface area contributed by atoms with Gasteiger partial charge in [0.25, 0.3) is 0 Å². The predicted molar refractivity (Wildman–Crippen MR) is 79.5 cm³/mol. The Balaban J connectivity index is 4.25. The summed E-state index contributed by atoms with van der Waals surface area (Å²) in [4.78, 5) is 22.9. The SMILES string of the molecule is C=C(C)C(=O)COC(CCCCC)OCC(=O)C(=C)C. The maximum Gasteiger partial charge on any atom is 0.183 e. The van der Waals surface area contributed by atoms with Crippen LogP contribution in [0.5, 0.6) is 0 Å². The van der Waals surface area contributed by atoms with Gasteiger partial charge < -0.3 is 9.47 Å². The molecule has 0 aromatic carbocycles. The molecule has 0 unspecified atom stereocenters. The van der Waals surface area contributed by atoms with Crippen molar-refractivity contribution in [3.05, 3.63) is 24.3 Å². The largest absolute Gasteiger partial charge is 0.345 e. The minimum Gasteiger partial charge on any atom is -0.345 e. The summed E-state index contributed by atoms with van der Waals surface area (Å²) in [5.41, 5.74) is 0.908. The summed E-state index contributed by atoms with van der Waals surface area (Å²) < 4.78 is 10.9. The lowest BCUT2D eigenvalue weighted by atomic mass is 10.2. The maximum atomic E-state index is 11.5. The van der Waals surface area contributed by atoms with Gasteiger partial charge >= 0.3 is 0 Å². The van der Waals surface area contributed by atoms with Crippen molar-refractivity contribution in [1.82, 2.24) is 0 Å². The summed E-state index contributed by atoms with van der Waals surface area (Å²) in [6, 6.07) is 0. The molecule has 0 aromatic heterocycles. The van der Waals surface area contributed by atoms with Crippen molar-refractivity contribution >= 4 is 11.6 Å². The Morgan fingerprint density at radius 3 is 1.75 bits per heavy atom. The maximum absolute atomic E-state index is 11.5. The van der Waals surface area contributed by atoms with Gasteiger partial charge in [-0.3, -0.25) is 9.59 Å². The van der Waals surface area contributed by atoms with Crippen LogP contribution in [0.3, 0.4) is 0 Å². The topological polar surface area (TPSA) is 52.6 Å². The van der Waals surface area contributed by atoms with Crippen LogP contribution in [-0.4, -0.2) is 31.1 Å². The van der Waals surface area contributed by atoms with Crippen LogP contribution >= 0.6 is 0 Å². The summed E-state index contributed by atoms with van der Waals surface area (Å²) in [5.74, 6) is -0.305. The molecule has 0 spiro atoms. The Morgan fingerprint density at radius 2 is 1.40 bits per heavy atom. The molecule has 114 valence electrons. The Kier molecular flexibility index (Phi) is 9.86. The van der Waals surface area contributed by atoms with Gasteiger partial charge in [0, 0.05) is 0 Å². The molecule has 20 heavy (non-hydrogen) atoms. The summed E-state index contributed by atoms with van der Waals surface area (Å²) in [6.07, 6.45) is 3.21. The van der Waals surface area contributed by atoms with E-state index in [1.165, 1.54) is 0 Å². The predicted octanol–water partition coefficient (Wildman–Crippen LogP) is 3.22. The Labute approximate surface area is 121 Å². The van der Waals surface area contributed by atoms with Gasteiger partial charge in [-0.1, -0.05) is 32.9 Å². The van der Waals surface area contributed by atoms with Gasteiger partial charge in [-0.25, -0.2) is 0 Å². The average Bonchev–Trinajstić information content (AvgIpc) is 2.40. The van der Waals surface area contributed by atoms with Crippen molar-refractivity contribution < 1.29 is 19.1 Å². The molecular weight excluding hydrogens is 256 g/mol. The lowest BCUT2D eigenvalue weighted by molar-refractivity contribution is -0.161. The number of Topliss-reactive ketones (excluding diaryl/α,β-unsaturated/α-hetero) is 2. The standard InChI is InChI=1S/C16H26O4/c1-6-7-8-9-16(19-10-14(17)12(2)3)20-11-15(18)13(4)5/h16H,2,4,6-11H2,1,3,5H3. The van der Waals surface area contributed by atoms with E-state index in [0.29, 0.717) is 17.6 Å². The second-order valence-corrected chi connectivity index (χ2v) is 4.95. The molecule has 0 fully saturated rings. The molecule has 0 atom stereocenters. The number of ether oxygens (including phenoxy) is 2. The minimum absolute atomic E-state index is 0.0621. The van der Waals surface area contributed by atoms with Crippen molar-refractivity contribution in [1.29, 1.82) is 0 Å². The fourth-order valence-electron chi connectivity index (χ4n) is 1.36. The molecule has 0 aliphatic rings. The summed E-state index contributed by atoms with van der Waals surface area (Å²) in [6.45, 7) is 12.4. The third-order valence-electron chi connectivity index (χ3n) is 2.80. The first-order valence-corrected chi connectivity index (χ1v) is 6.99. The van der Waals surface area contributed by atoms with E-state index in [1.54, 1.807) is 13.8 Å². The molecule has 0 amide bonds. The van der Waals surface area contributed by atoms with E-state index in [1.807, 2.05) is 0 Å². The van der Waals surface area contributed by atoms with Crippen molar-refractivity contribution in [3.63, 3.8) is 0 Å². The highest BCUT2D eigenvalue weighted by atomic mass is 16.7. The smallest absolute Gasteiger partial charge is 0.183 e. The lowest BCUT2D eigenvalue weighted by Gasteiger charge is -2.18. The third-order valence-corrected chi connectivity index (χ3v) is 2.80. The monoisotopic (exact) mass is 282 g/mol. The molecule has 0 N–H and O–H groups in total. The number of ketones is 2. The molecule has 4 heteroatoms. The number of unbranched alkanes of at least 4 members (excludes halogenated alkanes) is 2. The lowest BCUT2D eigenvalue weighted by Crippen LogP contribution is -2.24. The van der Waals surface area contributed by atoms with Gasteiger partial charge in [-0.2, -0.15) is 0 Å². The molecule has 0 aliphatic carbocycles. The van der Waals surface area contributed by atoms with E-state index in [2.05, 4.69) is 20.1 Å². The van der Waals surface area contributed by atoms with Crippen LogP contribution in [0.1, 0.15) is 46.5 Å². The van der Waals surface area contributed by atoms with Crippen LogP contribution in [-0.2, 0) is 19.1 Å². The average molecular weight is 282 g/mol. The van der Waals surface area contributed by atoms with Crippen LogP contribution < -0.4 is 0 Å². The van der Waals surface area contributed by atoms with Crippen molar-refractivity contribution in [2.45, 2.75) is 52.7 Å². The zero-order valence-electron chi connectivity index (χ0n) is 12.9. The van der Waals surface area contributed by atoms with Gasteiger partial charge in [0.05, 0.1) is 0 Å². The second kappa shape index (κ2) is 10.5. The quantitative estimate of drug-likeness (QED) is 0.313. The highest BCUT2D eigenvalue weighted by Crippen LogP contribution is 2.10. The van der Waals surface area contributed by atoms with E-state index in [9.17, 15) is 9.59 Å². The van der Waals surface area contributed by atoms with Crippen LogP contribution in [0, 0.1) is 0 Å². The van der Waals surface area contributed by atoms with Crippen molar-refractivity contribution in [3.8, 4) is 0 Å². The van der Waals surface area contributed by atoms with Gasteiger partial charge in [0.1, 0.15) is 13.2 Å². The van der Waals surface area contributed by atoms with Crippen LogP contribution in [0.25, 0.3) is 0 Å². The molecule has 0 saturated heterocycles. The highest BCUT2D eigenvalue weighted by molar-refractivity contribution is 5.95. The zero-order chi connectivity index (χ0) is 15.5. The molecule has 0 heterocycles. The van der Waals surface area contributed by atoms with Crippen molar-refractivity contribution in [2.24, 2.45) is 0 Å². The van der Waals surface area contributed by atoms with Crippen molar-refractivity contribution in [2.75, 3.05) is 13.2 Å². The van der Waals surface area contributed by atoms with Crippen LogP contribution in [0.4, 0.5) is 0 Å². The first-order chi connectivity index (χ1) is 9.38. The third kappa shape index (κ3) is 8.77. The number of hydrogen-bond acceptors (Lipinski definition) is 4. The van der Waals surface area contributed by atoms with Gasteiger partial charge in [-0.05, 0) is 37.8 Å². The number of carbonyl (C=O) groups is 2. The van der Waals surface area contributed by atoms with Crippen LogP contribution in [0.15, 0.2) is 24.3 Å². The molecular formula is C16H26O4. The number of rotatable bonds is 12. The Bertz CT molecular complexity index is 327. The van der Waals surface area contributed by atoms with Gasteiger partial charge in [-0.15, -0.1) is 0 Å². The molecule has 0 radical (unpaired) electrons. The highest BCUT2D eigenvalue weighted by Gasteiger charge is 2.14. The summed E-state index contributed by atoms with van der Waals surface area (Å²) in [7, 11) is 0. The van der Waals surface area contributed by atoms with E-state index >= 15 is 0 Å². The number of hydrogen-bond donors (Lipinski definition) is 0. The fraction of sp³-hybridized carbons (Fsp3) is 0.625. The fourth-order valence-corrected chi connectivity index (χ4v) is 1.36. The molecule has 0 rings (SSSR count). The Morgan fingerprint density at radius 1 is 0.950 bits per heavy atom. The Hall–Kier alpha value is -1.26. The summed E-state index contributed by atoms with van der Waals surface area (Å²) in [5, 5.41) is 0. The molecule has 0 bridgehead atoms. The molecule has 4 nitrogen and oxygen atoms in total. The first-order valence-electron chi connectivity index (χ1n) is 6.99. The molecule has 0 aromatic rings. The summed E-state index contributed by atoms with van der Waals surface area (Å²) >= 11 is 0. The van der Waals surface area contributed by atoms with Gasteiger partial charge in [0.15, 0.2) is 17.9 Å². The van der Waals surface area contributed by atoms with E-state index in [4.69, 9.17) is 9.47 Å².